The van der Waals surface area contributed by atoms with Gasteiger partial charge in [-0.2, -0.15) is 0 Å². The lowest BCUT2D eigenvalue weighted by atomic mass is 9.90. The van der Waals surface area contributed by atoms with Crippen molar-refractivity contribution in [2.75, 3.05) is 13.1 Å². The fourth-order valence-corrected chi connectivity index (χ4v) is 2.45. The van der Waals surface area contributed by atoms with E-state index in [1.54, 1.807) is 0 Å². The SMILES string of the molecule is O=C(Cc1ccc(I)cc1)C1CCNCC1. The summed E-state index contributed by atoms with van der Waals surface area (Å²) in [5.74, 6) is 0.684. The maximum Gasteiger partial charge on any atom is 0.140 e. The van der Waals surface area contributed by atoms with Gasteiger partial charge in [-0.05, 0) is 66.2 Å². The van der Waals surface area contributed by atoms with E-state index >= 15 is 0 Å². The smallest absolute Gasteiger partial charge is 0.140 e. The van der Waals surface area contributed by atoms with Crippen molar-refractivity contribution in [1.82, 2.24) is 5.32 Å². The molecule has 1 aliphatic heterocycles. The Morgan fingerprint density at radius 1 is 1.25 bits per heavy atom. The number of rotatable bonds is 3. The monoisotopic (exact) mass is 329 g/mol. The molecule has 1 aromatic rings. The maximum atomic E-state index is 12.0. The first-order valence-electron chi connectivity index (χ1n) is 5.73. The van der Waals surface area contributed by atoms with Crippen LogP contribution in [0.4, 0.5) is 0 Å². The molecule has 2 rings (SSSR count). The fourth-order valence-electron chi connectivity index (χ4n) is 2.09. The van der Waals surface area contributed by atoms with Gasteiger partial charge in [0, 0.05) is 15.9 Å². The summed E-state index contributed by atoms with van der Waals surface area (Å²) in [4.78, 5) is 12.0. The number of hydrogen-bond donors (Lipinski definition) is 1. The predicted octanol–water partition coefficient (Wildman–Crippen LogP) is 2.40. The number of Topliss-reactive ketones (excluding diaryl/α,β-unsaturated/α-hetero) is 1. The van der Waals surface area contributed by atoms with Gasteiger partial charge >= 0.3 is 0 Å². The minimum absolute atomic E-state index is 0.278. The number of halogens is 1. The largest absolute Gasteiger partial charge is 0.317 e. The highest BCUT2D eigenvalue weighted by molar-refractivity contribution is 14.1. The second-order valence-corrected chi connectivity index (χ2v) is 5.54. The molecular weight excluding hydrogens is 313 g/mol. The highest BCUT2D eigenvalue weighted by atomic mass is 127. The van der Waals surface area contributed by atoms with Crippen LogP contribution >= 0.6 is 22.6 Å². The summed E-state index contributed by atoms with van der Waals surface area (Å²) in [5.41, 5.74) is 1.14. The summed E-state index contributed by atoms with van der Waals surface area (Å²) in [6.07, 6.45) is 2.61. The lowest BCUT2D eigenvalue weighted by molar-refractivity contribution is -0.122. The van der Waals surface area contributed by atoms with Crippen LogP contribution in [-0.2, 0) is 11.2 Å². The van der Waals surface area contributed by atoms with Gasteiger partial charge in [0.15, 0.2) is 0 Å². The second kappa shape index (κ2) is 5.77. The van der Waals surface area contributed by atoms with Crippen LogP contribution in [-0.4, -0.2) is 18.9 Å². The van der Waals surface area contributed by atoms with Gasteiger partial charge in [0.05, 0.1) is 0 Å². The number of carbonyl (C=O) groups is 1. The standard InChI is InChI=1S/C13H16INO/c14-12-3-1-10(2-4-12)9-13(16)11-5-7-15-8-6-11/h1-4,11,15H,5-9H2. The number of ketones is 1. The summed E-state index contributed by atoms with van der Waals surface area (Å²) >= 11 is 2.28. The molecular formula is C13H16INO. The van der Waals surface area contributed by atoms with Gasteiger partial charge in [0.1, 0.15) is 5.78 Å². The highest BCUT2D eigenvalue weighted by Gasteiger charge is 2.20. The van der Waals surface area contributed by atoms with Crippen molar-refractivity contribution >= 4 is 28.4 Å². The normalized spacial score (nSPS) is 17.3. The lowest BCUT2D eigenvalue weighted by Crippen LogP contribution is -2.32. The van der Waals surface area contributed by atoms with Crippen LogP contribution in [0.1, 0.15) is 18.4 Å². The average Bonchev–Trinajstić information content (AvgIpc) is 2.33. The minimum atomic E-state index is 0.278. The van der Waals surface area contributed by atoms with Gasteiger partial charge in [-0.25, -0.2) is 0 Å². The Kier molecular flexibility index (Phi) is 4.35. The maximum absolute atomic E-state index is 12.0. The first-order valence-corrected chi connectivity index (χ1v) is 6.81. The third kappa shape index (κ3) is 3.28. The molecule has 0 spiro atoms. The number of benzene rings is 1. The Morgan fingerprint density at radius 2 is 1.88 bits per heavy atom. The van der Waals surface area contributed by atoms with Gasteiger partial charge in [-0.1, -0.05) is 12.1 Å². The first-order chi connectivity index (χ1) is 7.75. The molecule has 0 radical (unpaired) electrons. The van der Waals surface area contributed by atoms with Crippen molar-refractivity contribution in [1.29, 1.82) is 0 Å². The quantitative estimate of drug-likeness (QED) is 0.863. The van der Waals surface area contributed by atoms with Gasteiger partial charge in [0.2, 0.25) is 0 Å². The van der Waals surface area contributed by atoms with Crippen LogP contribution in [0.3, 0.4) is 0 Å². The average molecular weight is 329 g/mol. The third-order valence-electron chi connectivity index (χ3n) is 3.09. The zero-order valence-corrected chi connectivity index (χ0v) is 11.4. The van der Waals surface area contributed by atoms with Crippen LogP contribution in [0.2, 0.25) is 0 Å². The van der Waals surface area contributed by atoms with Crippen LogP contribution < -0.4 is 5.32 Å². The lowest BCUT2D eigenvalue weighted by Gasteiger charge is -2.21. The topological polar surface area (TPSA) is 29.1 Å². The van der Waals surface area contributed by atoms with Crippen molar-refractivity contribution in [2.45, 2.75) is 19.3 Å². The summed E-state index contributed by atoms with van der Waals surface area (Å²) in [6, 6.07) is 8.23. The Labute approximate surface area is 110 Å². The van der Waals surface area contributed by atoms with E-state index in [0.717, 1.165) is 31.5 Å². The van der Waals surface area contributed by atoms with Crippen LogP contribution in [0.5, 0.6) is 0 Å². The molecule has 1 fully saturated rings. The predicted molar refractivity (Wildman–Crippen MR) is 73.5 cm³/mol. The summed E-state index contributed by atoms with van der Waals surface area (Å²) < 4.78 is 1.22. The number of carbonyl (C=O) groups excluding carboxylic acids is 1. The van der Waals surface area contributed by atoms with E-state index in [-0.39, 0.29) is 5.92 Å². The molecule has 1 aliphatic rings. The Morgan fingerprint density at radius 3 is 2.50 bits per heavy atom. The van der Waals surface area contributed by atoms with Crippen molar-refractivity contribution in [3.63, 3.8) is 0 Å². The van der Waals surface area contributed by atoms with Gasteiger partial charge in [-0.15, -0.1) is 0 Å². The number of piperidine rings is 1. The van der Waals surface area contributed by atoms with Crippen molar-refractivity contribution in [3.05, 3.63) is 33.4 Å². The van der Waals surface area contributed by atoms with Crippen molar-refractivity contribution < 1.29 is 4.79 Å². The van der Waals surface area contributed by atoms with Gasteiger partial charge in [-0.3, -0.25) is 4.79 Å². The Hall–Kier alpha value is -0.420. The molecule has 0 unspecified atom stereocenters. The molecule has 0 saturated carbocycles. The molecule has 3 heteroatoms. The molecule has 0 bridgehead atoms. The number of hydrogen-bond acceptors (Lipinski definition) is 2. The van der Waals surface area contributed by atoms with Crippen LogP contribution in [0, 0.1) is 9.49 Å². The molecule has 0 aromatic heterocycles. The minimum Gasteiger partial charge on any atom is -0.317 e. The Bertz CT molecular complexity index is 355. The van der Waals surface area contributed by atoms with Crippen molar-refractivity contribution in [3.8, 4) is 0 Å². The van der Waals surface area contributed by atoms with Crippen molar-refractivity contribution in [2.24, 2.45) is 5.92 Å². The van der Waals surface area contributed by atoms with E-state index < -0.39 is 0 Å². The molecule has 0 amide bonds. The molecule has 1 heterocycles. The Balaban J connectivity index is 1.93. The van der Waals surface area contributed by atoms with Gasteiger partial charge in [0.25, 0.3) is 0 Å². The van der Waals surface area contributed by atoms with E-state index in [2.05, 4.69) is 52.2 Å². The van der Waals surface area contributed by atoms with Crippen LogP contribution in [0.25, 0.3) is 0 Å². The molecule has 0 atom stereocenters. The first kappa shape index (κ1) is 12.0. The van der Waals surface area contributed by atoms with E-state index in [1.165, 1.54) is 3.57 Å². The molecule has 0 aliphatic carbocycles. The molecule has 1 aromatic carbocycles. The molecule has 2 nitrogen and oxygen atoms in total. The molecule has 16 heavy (non-hydrogen) atoms. The number of nitrogens with one attached hydrogen (secondary N) is 1. The van der Waals surface area contributed by atoms with E-state index in [9.17, 15) is 4.79 Å². The summed E-state index contributed by atoms with van der Waals surface area (Å²) in [6.45, 7) is 1.98. The third-order valence-corrected chi connectivity index (χ3v) is 3.81. The fraction of sp³-hybridized carbons (Fsp3) is 0.462. The molecule has 86 valence electrons. The van der Waals surface area contributed by atoms with E-state index in [4.69, 9.17) is 0 Å². The summed E-state index contributed by atoms with van der Waals surface area (Å²) in [7, 11) is 0. The second-order valence-electron chi connectivity index (χ2n) is 4.29. The molecule has 1 saturated heterocycles. The van der Waals surface area contributed by atoms with Gasteiger partial charge < -0.3 is 5.32 Å². The highest BCUT2D eigenvalue weighted by Crippen LogP contribution is 2.16. The zero-order chi connectivity index (χ0) is 11.4. The van der Waals surface area contributed by atoms with E-state index in [1.807, 2.05) is 0 Å². The van der Waals surface area contributed by atoms with Crippen LogP contribution in [0.15, 0.2) is 24.3 Å². The summed E-state index contributed by atoms with van der Waals surface area (Å²) in [5, 5.41) is 3.29. The molecule has 1 N–H and O–H groups in total. The van der Waals surface area contributed by atoms with E-state index in [0.29, 0.717) is 12.2 Å². The zero-order valence-electron chi connectivity index (χ0n) is 9.21.